The quantitative estimate of drug-likeness (QED) is 0.616. The molecule has 4 aromatic rings. The molecular weight excluding hydrogens is 315 g/mol. The highest BCUT2D eigenvalue weighted by atomic mass is 19.1. The molecule has 0 aliphatic heterocycles. The molecule has 124 valence electrons. The Morgan fingerprint density at radius 3 is 2.48 bits per heavy atom. The topological polar surface area (TPSA) is 56.2 Å². The minimum absolute atomic E-state index is 0.282. The molecule has 0 spiro atoms. The first kappa shape index (κ1) is 15.3. The minimum Gasteiger partial charge on any atom is -0.383 e. The first-order chi connectivity index (χ1) is 12.1. The van der Waals surface area contributed by atoms with E-state index in [0.29, 0.717) is 17.9 Å². The number of aryl methyl sites for hydroxylation is 1. The summed E-state index contributed by atoms with van der Waals surface area (Å²) >= 11 is 0. The Hall–Kier alpha value is -3.21. The maximum Gasteiger partial charge on any atom is 0.157 e. The monoisotopic (exact) mass is 332 g/mol. The summed E-state index contributed by atoms with van der Waals surface area (Å²) in [5.74, 6) is 0.228. The van der Waals surface area contributed by atoms with Gasteiger partial charge in [-0.1, -0.05) is 42.5 Å². The Labute approximate surface area is 144 Å². The number of benzene rings is 2. The smallest absolute Gasteiger partial charge is 0.157 e. The van der Waals surface area contributed by atoms with Crippen LogP contribution in [0.5, 0.6) is 0 Å². The molecular formula is C20H17FN4. The summed E-state index contributed by atoms with van der Waals surface area (Å²) in [7, 11) is 0. The maximum absolute atomic E-state index is 13.3. The average Bonchev–Trinajstić information content (AvgIpc) is 2.98. The summed E-state index contributed by atoms with van der Waals surface area (Å²) in [6.07, 6.45) is 0.637. The number of halogens is 1. The highest BCUT2D eigenvalue weighted by Crippen LogP contribution is 2.31. The van der Waals surface area contributed by atoms with Crippen molar-refractivity contribution in [1.29, 1.82) is 0 Å². The van der Waals surface area contributed by atoms with Crippen LogP contribution in [0, 0.1) is 12.7 Å². The Morgan fingerprint density at radius 1 is 1.04 bits per heavy atom. The molecule has 25 heavy (non-hydrogen) atoms. The van der Waals surface area contributed by atoms with E-state index in [1.807, 2.05) is 31.2 Å². The third-order valence-electron chi connectivity index (χ3n) is 4.18. The summed E-state index contributed by atoms with van der Waals surface area (Å²) in [4.78, 5) is 4.78. The Kier molecular flexibility index (Phi) is 3.69. The number of nitrogens with zero attached hydrogens (tertiary/aromatic N) is 3. The molecule has 2 N–H and O–H groups in total. The second-order valence-electron chi connectivity index (χ2n) is 6.04. The Balaban J connectivity index is 1.95. The first-order valence-corrected chi connectivity index (χ1v) is 8.06. The third-order valence-corrected chi connectivity index (χ3v) is 4.18. The van der Waals surface area contributed by atoms with Crippen molar-refractivity contribution in [2.24, 2.45) is 0 Å². The zero-order chi connectivity index (χ0) is 17.4. The molecule has 0 bridgehead atoms. The SMILES string of the molecule is Cc1cc2nc(Cc3ccccc3)c(-c3ccc(F)cc3)c(N)n2n1. The zero-order valence-corrected chi connectivity index (χ0v) is 13.8. The van der Waals surface area contributed by atoms with Crippen LogP contribution in [0.4, 0.5) is 10.2 Å². The Bertz CT molecular complexity index is 1040. The number of nitrogens with two attached hydrogens (primary N) is 1. The predicted molar refractivity (Wildman–Crippen MR) is 96.8 cm³/mol. The van der Waals surface area contributed by atoms with E-state index in [9.17, 15) is 4.39 Å². The van der Waals surface area contributed by atoms with E-state index in [1.54, 1.807) is 16.6 Å². The minimum atomic E-state index is -0.282. The molecule has 2 aromatic heterocycles. The van der Waals surface area contributed by atoms with E-state index >= 15 is 0 Å². The molecule has 5 heteroatoms. The molecule has 0 aliphatic rings. The number of hydrogen-bond donors (Lipinski definition) is 1. The van der Waals surface area contributed by atoms with Gasteiger partial charge in [-0.15, -0.1) is 0 Å². The van der Waals surface area contributed by atoms with Gasteiger partial charge >= 0.3 is 0 Å². The number of hydrogen-bond acceptors (Lipinski definition) is 3. The normalized spacial score (nSPS) is 11.1. The van der Waals surface area contributed by atoms with Crippen LogP contribution in [0.25, 0.3) is 16.8 Å². The largest absolute Gasteiger partial charge is 0.383 e. The molecule has 0 saturated heterocycles. The lowest BCUT2D eigenvalue weighted by atomic mass is 9.99. The highest BCUT2D eigenvalue weighted by Gasteiger charge is 2.17. The second-order valence-corrected chi connectivity index (χ2v) is 6.04. The molecule has 0 fully saturated rings. The van der Waals surface area contributed by atoms with Crippen LogP contribution in [-0.4, -0.2) is 14.6 Å². The van der Waals surface area contributed by atoms with Gasteiger partial charge in [0.2, 0.25) is 0 Å². The lowest BCUT2D eigenvalue weighted by molar-refractivity contribution is 0.628. The van der Waals surface area contributed by atoms with Crippen molar-refractivity contribution in [2.75, 3.05) is 5.73 Å². The molecule has 0 aliphatic carbocycles. The van der Waals surface area contributed by atoms with Gasteiger partial charge in [0, 0.05) is 18.1 Å². The molecule has 2 aromatic carbocycles. The van der Waals surface area contributed by atoms with Gasteiger partial charge in [0.15, 0.2) is 5.65 Å². The molecule has 0 unspecified atom stereocenters. The number of fused-ring (bicyclic) bond motifs is 1. The van der Waals surface area contributed by atoms with Gasteiger partial charge in [-0.05, 0) is 30.2 Å². The van der Waals surface area contributed by atoms with Crippen LogP contribution in [0.15, 0.2) is 60.7 Å². The van der Waals surface area contributed by atoms with Gasteiger partial charge in [-0.3, -0.25) is 0 Å². The summed E-state index contributed by atoms with van der Waals surface area (Å²) in [6, 6.07) is 18.3. The maximum atomic E-state index is 13.3. The molecule has 4 nitrogen and oxygen atoms in total. The molecule has 0 atom stereocenters. The van der Waals surface area contributed by atoms with Gasteiger partial charge < -0.3 is 5.73 Å². The number of nitrogen functional groups attached to an aromatic ring is 1. The van der Waals surface area contributed by atoms with Crippen molar-refractivity contribution in [3.8, 4) is 11.1 Å². The molecule has 4 rings (SSSR count). The van der Waals surface area contributed by atoms with Crippen LogP contribution in [0.3, 0.4) is 0 Å². The van der Waals surface area contributed by atoms with Crippen LogP contribution >= 0.6 is 0 Å². The van der Waals surface area contributed by atoms with Crippen LogP contribution in [0.1, 0.15) is 17.0 Å². The van der Waals surface area contributed by atoms with Crippen LogP contribution in [-0.2, 0) is 6.42 Å². The lowest BCUT2D eigenvalue weighted by Crippen LogP contribution is -2.08. The van der Waals surface area contributed by atoms with Crippen LogP contribution in [0.2, 0.25) is 0 Å². The molecule has 0 saturated carbocycles. The van der Waals surface area contributed by atoms with Crippen molar-refractivity contribution in [2.45, 2.75) is 13.3 Å². The van der Waals surface area contributed by atoms with Gasteiger partial charge in [-0.2, -0.15) is 9.61 Å². The highest BCUT2D eigenvalue weighted by molar-refractivity contribution is 5.78. The van der Waals surface area contributed by atoms with Crippen molar-refractivity contribution in [3.63, 3.8) is 0 Å². The molecule has 2 heterocycles. The average molecular weight is 332 g/mol. The summed E-state index contributed by atoms with van der Waals surface area (Å²) in [5.41, 5.74) is 11.6. The first-order valence-electron chi connectivity index (χ1n) is 8.06. The van der Waals surface area contributed by atoms with Crippen molar-refractivity contribution >= 4 is 11.5 Å². The summed E-state index contributed by atoms with van der Waals surface area (Å²) < 4.78 is 15.0. The number of rotatable bonds is 3. The van der Waals surface area contributed by atoms with E-state index in [0.717, 1.165) is 28.1 Å². The number of anilines is 1. The van der Waals surface area contributed by atoms with E-state index in [4.69, 9.17) is 10.7 Å². The van der Waals surface area contributed by atoms with E-state index in [1.165, 1.54) is 12.1 Å². The lowest BCUT2D eigenvalue weighted by Gasteiger charge is -2.13. The fourth-order valence-electron chi connectivity index (χ4n) is 3.04. The van der Waals surface area contributed by atoms with Crippen molar-refractivity contribution < 1.29 is 4.39 Å². The van der Waals surface area contributed by atoms with Crippen molar-refractivity contribution in [3.05, 3.63) is 83.4 Å². The Morgan fingerprint density at radius 2 is 1.76 bits per heavy atom. The summed E-state index contributed by atoms with van der Waals surface area (Å²) in [5, 5.41) is 4.42. The fraction of sp³-hybridized carbons (Fsp3) is 0.100. The third kappa shape index (κ3) is 2.85. The van der Waals surface area contributed by atoms with Gasteiger partial charge in [0.25, 0.3) is 0 Å². The molecule has 0 radical (unpaired) electrons. The van der Waals surface area contributed by atoms with Crippen molar-refractivity contribution in [1.82, 2.24) is 14.6 Å². The fourth-order valence-corrected chi connectivity index (χ4v) is 3.04. The number of aromatic nitrogens is 3. The standard InChI is InChI=1S/C20H17FN4/c1-13-11-18-23-17(12-14-5-3-2-4-6-14)19(20(22)25(18)24-13)15-7-9-16(21)10-8-15/h2-11H,12,22H2,1H3. The van der Waals surface area contributed by atoms with E-state index in [-0.39, 0.29) is 5.82 Å². The van der Waals surface area contributed by atoms with Gasteiger partial charge in [-0.25, -0.2) is 9.37 Å². The van der Waals surface area contributed by atoms with E-state index in [2.05, 4.69) is 17.2 Å². The van der Waals surface area contributed by atoms with E-state index < -0.39 is 0 Å². The molecule has 0 amide bonds. The summed E-state index contributed by atoms with van der Waals surface area (Å²) in [6.45, 7) is 1.91. The van der Waals surface area contributed by atoms with Crippen LogP contribution < -0.4 is 5.73 Å². The van der Waals surface area contributed by atoms with Gasteiger partial charge in [0.05, 0.1) is 11.4 Å². The zero-order valence-electron chi connectivity index (χ0n) is 13.8. The second kappa shape index (κ2) is 6.02. The van der Waals surface area contributed by atoms with Gasteiger partial charge in [0.1, 0.15) is 11.6 Å². The predicted octanol–water partition coefficient (Wildman–Crippen LogP) is 4.02.